The minimum Gasteiger partial charge on any atom is -0.444 e. The summed E-state index contributed by atoms with van der Waals surface area (Å²) in [7, 11) is 0. The van der Waals surface area contributed by atoms with E-state index in [1.165, 1.54) is 6.20 Å². The van der Waals surface area contributed by atoms with Gasteiger partial charge in [-0.1, -0.05) is 30.3 Å². The highest BCUT2D eigenvalue weighted by Gasteiger charge is 2.38. The highest BCUT2D eigenvalue weighted by Crippen LogP contribution is 2.35. The maximum absolute atomic E-state index is 12.1. The molecule has 7 heteroatoms. The molecule has 1 fully saturated rings. The Labute approximate surface area is 151 Å². The van der Waals surface area contributed by atoms with Crippen LogP contribution in [-0.2, 0) is 4.74 Å². The van der Waals surface area contributed by atoms with Gasteiger partial charge in [0.1, 0.15) is 11.8 Å². The number of carbonyl (C=O) groups is 1. The van der Waals surface area contributed by atoms with Gasteiger partial charge in [0.05, 0.1) is 10.6 Å². The number of rotatable bonds is 3. The molecule has 136 valence electrons. The van der Waals surface area contributed by atoms with Crippen LogP contribution in [0.3, 0.4) is 0 Å². The zero-order chi connectivity index (χ0) is 18.9. The SMILES string of the molecule is CC(C)(C)OC(=O)N1CC(c2cc(-c3ccccc3)ncc2[N+](=O)[O-])C1. The molecular formula is C19H21N3O4. The van der Waals surface area contributed by atoms with Crippen molar-refractivity contribution in [3.05, 3.63) is 58.3 Å². The molecule has 0 atom stereocenters. The Morgan fingerprint density at radius 2 is 1.92 bits per heavy atom. The van der Waals surface area contributed by atoms with E-state index in [1.54, 1.807) is 11.0 Å². The van der Waals surface area contributed by atoms with E-state index in [-0.39, 0.29) is 11.6 Å². The fourth-order valence-electron chi connectivity index (χ4n) is 2.86. The summed E-state index contributed by atoms with van der Waals surface area (Å²) in [4.78, 5) is 28.8. The van der Waals surface area contributed by atoms with Gasteiger partial charge in [-0.3, -0.25) is 10.1 Å². The molecule has 1 aromatic carbocycles. The predicted molar refractivity (Wildman–Crippen MR) is 96.9 cm³/mol. The molecule has 0 N–H and O–H groups in total. The highest BCUT2D eigenvalue weighted by atomic mass is 16.6. The van der Waals surface area contributed by atoms with E-state index >= 15 is 0 Å². The van der Waals surface area contributed by atoms with Crippen LogP contribution >= 0.6 is 0 Å². The van der Waals surface area contributed by atoms with E-state index in [2.05, 4.69) is 4.98 Å². The van der Waals surface area contributed by atoms with Gasteiger partial charge in [-0.25, -0.2) is 9.78 Å². The van der Waals surface area contributed by atoms with Crippen molar-refractivity contribution in [1.29, 1.82) is 0 Å². The second-order valence-electron chi connectivity index (χ2n) is 7.33. The Morgan fingerprint density at radius 3 is 2.50 bits per heavy atom. The van der Waals surface area contributed by atoms with Gasteiger partial charge < -0.3 is 9.64 Å². The lowest BCUT2D eigenvalue weighted by atomic mass is 9.90. The molecule has 1 aromatic heterocycles. The minimum absolute atomic E-state index is 0.0153. The maximum Gasteiger partial charge on any atom is 0.410 e. The average Bonchev–Trinajstić information content (AvgIpc) is 2.52. The van der Waals surface area contributed by atoms with Crippen LogP contribution in [-0.4, -0.2) is 39.6 Å². The van der Waals surface area contributed by atoms with Crippen LogP contribution in [0.1, 0.15) is 32.3 Å². The number of nitro groups is 1. The lowest BCUT2D eigenvalue weighted by molar-refractivity contribution is -0.386. The Bertz CT molecular complexity index is 824. The van der Waals surface area contributed by atoms with E-state index in [1.807, 2.05) is 51.1 Å². The molecule has 1 saturated heterocycles. The molecule has 2 aromatic rings. The summed E-state index contributed by atoms with van der Waals surface area (Å²) in [5.74, 6) is -0.103. The number of hydrogen-bond donors (Lipinski definition) is 0. The summed E-state index contributed by atoms with van der Waals surface area (Å²) in [6.07, 6.45) is 0.905. The molecule has 0 unspecified atom stereocenters. The lowest BCUT2D eigenvalue weighted by Gasteiger charge is -2.39. The second kappa shape index (κ2) is 6.74. The zero-order valence-electron chi connectivity index (χ0n) is 15.0. The molecule has 0 bridgehead atoms. The summed E-state index contributed by atoms with van der Waals surface area (Å²) in [5.41, 5.74) is 1.60. The Hall–Kier alpha value is -2.96. The van der Waals surface area contributed by atoms with Crippen LogP contribution in [0.5, 0.6) is 0 Å². The van der Waals surface area contributed by atoms with Gasteiger partial charge in [0, 0.05) is 30.1 Å². The first kappa shape index (κ1) is 17.8. The molecule has 26 heavy (non-hydrogen) atoms. The Morgan fingerprint density at radius 1 is 1.27 bits per heavy atom. The third-order valence-electron chi connectivity index (χ3n) is 4.15. The molecule has 1 amide bonds. The first-order chi connectivity index (χ1) is 12.2. The van der Waals surface area contributed by atoms with Gasteiger partial charge in [0.15, 0.2) is 0 Å². The second-order valence-corrected chi connectivity index (χ2v) is 7.33. The van der Waals surface area contributed by atoms with E-state index in [0.717, 1.165) is 5.56 Å². The molecule has 1 aliphatic rings. The number of carbonyl (C=O) groups excluding carboxylic acids is 1. The van der Waals surface area contributed by atoms with Gasteiger partial charge in [-0.2, -0.15) is 0 Å². The maximum atomic E-state index is 12.1. The van der Waals surface area contributed by atoms with Crippen LogP contribution in [0.25, 0.3) is 11.3 Å². The number of likely N-dealkylation sites (tertiary alicyclic amines) is 1. The summed E-state index contributed by atoms with van der Waals surface area (Å²) < 4.78 is 5.34. The van der Waals surface area contributed by atoms with Crippen molar-refractivity contribution in [3.63, 3.8) is 0 Å². The molecule has 2 heterocycles. The van der Waals surface area contributed by atoms with Gasteiger partial charge >= 0.3 is 6.09 Å². The molecule has 7 nitrogen and oxygen atoms in total. The molecule has 1 aliphatic heterocycles. The number of aromatic nitrogens is 1. The number of hydrogen-bond acceptors (Lipinski definition) is 5. The molecule has 3 rings (SSSR count). The fourth-order valence-corrected chi connectivity index (χ4v) is 2.86. The zero-order valence-corrected chi connectivity index (χ0v) is 15.0. The monoisotopic (exact) mass is 355 g/mol. The van der Waals surface area contributed by atoms with E-state index in [9.17, 15) is 14.9 Å². The highest BCUT2D eigenvalue weighted by molar-refractivity contribution is 5.70. The lowest BCUT2D eigenvalue weighted by Crippen LogP contribution is -2.50. The summed E-state index contributed by atoms with van der Waals surface area (Å²) in [6.45, 7) is 6.22. The largest absolute Gasteiger partial charge is 0.444 e. The van der Waals surface area contributed by atoms with Crippen molar-refractivity contribution in [2.24, 2.45) is 0 Å². The number of ether oxygens (including phenoxy) is 1. The van der Waals surface area contributed by atoms with Crippen LogP contribution < -0.4 is 0 Å². The van der Waals surface area contributed by atoms with Crippen LogP contribution in [0.15, 0.2) is 42.6 Å². The molecule has 0 saturated carbocycles. The van der Waals surface area contributed by atoms with Crippen molar-refractivity contribution in [2.45, 2.75) is 32.3 Å². The topological polar surface area (TPSA) is 85.6 Å². The fraction of sp³-hybridized carbons (Fsp3) is 0.368. The normalized spacial score (nSPS) is 14.7. The van der Waals surface area contributed by atoms with Crippen molar-refractivity contribution < 1.29 is 14.5 Å². The predicted octanol–water partition coefficient (Wildman–Crippen LogP) is 3.99. The third kappa shape index (κ3) is 3.82. The molecule has 0 aliphatic carbocycles. The Balaban J connectivity index is 1.81. The van der Waals surface area contributed by atoms with Crippen LogP contribution in [0.2, 0.25) is 0 Å². The van der Waals surface area contributed by atoms with Gasteiger partial charge in [-0.15, -0.1) is 0 Å². The molecule has 0 spiro atoms. The van der Waals surface area contributed by atoms with E-state index < -0.39 is 16.6 Å². The minimum atomic E-state index is -0.564. The first-order valence-corrected chi connectivity index (χ1v) is 8.42. The van der Waals surface area contributed by atoms with Crippen molar-refractivity contribution >= 4 is 11.8 Å². The molecular weight excluding hydrogens is 334 g/mol. The van der Waals surface area contributed by atoms with Crippen molar-refractivity contribution in [1.82, 2.24) is 9.88 Å². The number of pyridine rings is 1. The van der Waals surface area contributed by atoms with Gasteiger partial charge in [0.2, 0.25) is 0 Å². The van der Waals surface area contributed by atoms with E-state index in [0.29, 0.717) is 24.3 Å². The quantitative estimate of drug-likeness (QED) is 0.614. The smallest absolute Gasteiger partial charge is 0.410 e. The number of nitrogens with zero attached hydrogens (tertiary/aromatic N) is 3. The summed E-state index contributed by atoms with van der Waals surface area (Å²) >= 11 is 0. The standard InChI is InChI=1S/C19H21N3O4/c1-19(2,3)26-18(23)21-11-14(12-21)15-9-16(13-7-5-4-6-8-13)20-10-17(15)22(24)25/h4-10,14H,11-12H2,1-3H3. The summed E-state index contributed by atoms with van der Waals surface area (Å²) in [6, 6.07) is 11.3. The van der Waals surface area contributed by atoms with Crippen molar-refractivity contribution in [2.75, 3.05) is 13.1 Å². The third-order valence-corrected chi connectivity index (χ3v) is 4.15. The van der Waals surface area contributed by atoms with E-state index in [4.69, 9.17) is 4.74 Å². The van der Waals surface area contributed by atoms with Crippen molar-refractivity contribution in [3.8, 4) is 11.3 Å². The molecule has 0 radical (unpaired) electrons. The Kier molecular flexibility index (Phi) is 4.63. The number of amides is 1. The number of benzene rings is 1. The first-order valence-electron chi connectivity index (χ1n) is 8.42. The van der Waals surface area contributed by atoms with Crippen LogP contribution in [0, 0.1) is 10.1 Å². The summed E-state index contributed by atoms with van der Waals surface area (Å²) in [5, 5.41) is 11.4. The van der Waals surface area contributed by atoms with Gasteiger partial charge in [-0.05, 0) is 26.8 Å². The van der Waals surface area contributed by atoms with Crippen LogP contribution in [0.4, 0.5) is 10.5 Å². The average molecular weight is 355 g/mol. The van der Waals surface area contributed by atoms with Gasteiger partial charge in [0.25, 0.3) is 5.69 Å².